The third-order valence-corrected chi connectivity index (χ3v) is 3.99. The maximum absolute atomic E-state index is 11.5. The van der Waals surface area contributed by atoms with Gasteiger partial charge in [-0.2, -0.15) is 0 Å². The van der Waals surface area contributed by atoms with Crippen LogP contribution in [-0.2, 0) is 4.74 Å². The van der Waals surface area contributed by atoms with E-state index >= 15 is 0 Å². The van der Waals surface area contributed by atoms with E-state index in [9.17, 15) is 4.79 Å². The van der Waals surface area contributed by atoms with Gasteiger partial charge in [0.2, 0.25) is 0 Å². The van der Waals surface area contributed by atoms with Gasteiger partial charge in [-0.25, -0.2) is 14.8 Å². The number of hydrogen-bond acceptors (Lipinski definition) is 6. The van der Waals surface area contributed by atoms with E-state index in [0.717, 1.165) is 5.69 Å². The minimum Gasteiger partial charge on any atom is -0.465 e. The van der Waals surface area contributed by atoms with E-state index in [1.807, 2.05) is 0 Å². The number of nitrogens with zero attached hydrogens (tertiary/aromatic N) is 2. The van der Waals surface area contributed by atoms with E-state index < -0.39 is 0 Å². The van der Waals surface area contributed by atoms with E-state index in [0.29, 0.717) is 32.9 Å². The Morgan fingerprint density at radius 3 is 2.31 bits per heavy atom. The van der Waals surface area contributed by atoms with Gasteiger partial charge in [0, 0.05) is 16.8 Å². The number of ether oxygens (including phenoxy) is 1. The van der Waals surface area contributed by atoms with Crippen LogP contribution in [0.15, 0.2) is 54.9 Å². The van der Waals surface area contributed by atoms with Gasteiger partial charge < -0.3 is 15.4 Å². The van der Waals surface area contributed by atoms with E-state index in [4.69, 9.17) is 23.2 Å². The molecule has 0 saturated heterocycles. The molecule has 1 heterocycles. The molecule has 0 fully saturated rings. The SMILES string of the molecule is COC(=O)c1ccc(Nc2cc(Nc3ccc(Cl)cc3Cl)ncn2)cc1. The van der Waals surface area contributed by atoms with Gasteiger partial charge in [0.1, 0.15) is 18.0 Å². The van der Waals surface area contributed by atoms with Crippen LogP contribution in [0.5, 0.6) is 0 Å². The molecule has 0 unspecified atom stereocenters. The first-order chi connectivity index (χ1) is 12.5. The zero-order chi connectivity index (χ0) is 18.5. The van der Waals surface area contributed by atoms with Gasteiger partial charge in [-0.15, -0.1) is 0 Å². The summed E-state index contributed by atoms with van der Waals surface area (Å²) in [6, 6.07) is 13.7. The number of methoxy groups -OCH3 is 1. The minimum atomic E-state index is -0.384. The van der Waals surface area contributed by atoms with Crippen molar-refractivity contribution in [2.24, 2.45) is 0 Å². The van der Waals surface area contributed by atoms with E-state index in [1.165, 1.54) is 13.4 Å². The quantitative estimate of drug-likeness (QED) is 0.595. The Kier molecular flexibility index (Phi) is 5.55. The van der Waals surface area contributed by atoms with Crippen molar-refractivity contribution in [2.75, 3.05) is 17.7 Å². The topological polar surface area (TPSA) is 76.1 Å². The number of carbonyl (C=O) groups excluding carboxylic acids is 1. The summed E-state index contributed by atoms with van der Waals surface area (Å²) in [5.41, 5.74) is 1.93. The summed E-state index contributed by atoms with van der Waals surface area (Å²) in [4.78, 5) is 19.8. The Labute approximate surface area is 160 Å². The van der Waals surface area contributed by atoms with Gasteiger partial charge >= 0.3 is 5.97 Å². The Hall–Kier alpha value is -2.83. The molecule has 0 spiro atoms. The molecular weight excluding hydrogens is 375 g/mol. The lowest BCUT2D eigenvalue weighted by molar-refractivity contribution is 0.0601. The predicted molar refractivity (Wildman–Crippen MR) is 103 cm³/mol. The van der Waals surface area contributed by atoms with Gasteiger partial charge in [-0.05, 0) is 42.5 Å². The Morgan fingerprint density at radius 2 is 1.65 bits per heavy atom. The maximum atomic E-state index is 11.5. The van der Waals surface area contributed by atoms with Crippen LogP contribution in [0.25, 0.3) is 0 Å². The monoisotopic (exact) mass is 388 g/mol. The van der Waals surface area contributed by atoms with Crippen molar-refractivity contribution in [1.82, 2.24) is 9.97 Å². The van der Waals surface area contributed by atoms with Crippen molar-refractivity contribution in [2.45, 2.75) is 0 Å². The zero-order valence-electron chi connectivity index (χ0n) is 13.7. The third-order valence-electron chi connectivity index (χ3n) is 3.44. The Balaban J connectivity index is 1.74. The number of benzene rings is 2. The lowest BCUT2D eigenvalue weighted by atomic mass is 10.2. The standard InChI is InChI=1S/C18H14Cl2N4O2/c1-26-18(25)11-2-5-13(6-3-11)23-16-9-17(22-10-21-16)24-15-7-4-12(19)8-14(15)20/h2-10H,1H3,(H2,21,22,23,24). The molecule has 0 radical (unpaired) electrons. The molecule has 3 aromatic rings. The van der Waals surface area contributed by atoms with Gasteiger partial charge in [-0.3, -0.25) is 0 Å². The molecule has 0 atom stereocenters. The smallest absolute Gasteiger partial charge is 0.337 e. The van der Waals surface area contributed by atoms with Crippen LogP contribution in [0.3, 0.4) is 0 Å². The molecule has 3 rings (SSSR count). The molecule has 2 N–H and O–H groups in total. The molecule has 1 aromatic heterocycles. The van der Waals surface area contributed by atoms with Crippen LogP contribution in [0.4, 0.5) is 23.0 Å². The summed E-state index contributed by atoms with van der Waals surface area (Å²) in [5.74, 6) is 0.765. The lowest BCUT2D eigenvalue weighted by Crippen LogP contribution is -2.01. The molecule has 0 amide bonds. The van der Waals surface area contributed by atoms with Gasteiger partial charge in [0.25, 0.3) is 0 Å². The summed E-state index contributed by atoms with van der Waals surface area (Å²) < 4.78 is 4.68. The first-order valence-corrected chi connectivity index (χ1v) is 8.30. The molecule has 132 valence electrons. The average molecular weight is 389 g/mol. The number of rotatable bonds is 5. The highest BCUT2D eigenvalue weighted by Crippen LogP contribution is 2.28. The van der Waals surface area contributed by atoms with Crippen LogP contribution in [0.1, 0.15) is 10.4 Å². The van der Waals surface area contributed by atoms with Crippen LogP contribution in [0, 0.1) is 0 Å². The summed E-state index contributed by atoms with van der Waals surface area (Å²) in [6.07, 6.45) is 1.43. The fourth-order valence-corrected chi connectivity index (χ4v) is 2.63. The second kappa shape index (κ2) is 8.03. The summed E-state index contributed by atoms with van der Waals surface area (Å²) >= 11 is 12.1. The summed E-state index contributed by atoms with van der Waals surface area (Å²) in [7, 11) is 1.34. The molecular formula is C18H14Cl2N4O2. The van der Waals surface area contributed by atoms with Crippen molar-refractivity contribution in [1.29, 1.82) is 0 Å². The Morgan fingerprint density at radius 1 is 0.962 bits per heavy atom. The average Bonchev–Trinajstić information content (AvgIpc) is 2.64. The minimum absolute atomic E-state index is 0.384. The summed E-state index contributed by atoms with van der Waals surface area (Å²) in [5, 5.41) is 7.30. The molecule has 0 aliphatic carbocycles. The molecule has 2 aromatic carbocycles. The van der Waals surface area contributed by atoms with Crippen LogP contribution in [-0.4, -0.2) is 23.0 Å². The number of nitrogens with one attached hydrogen (secondary N) is 2. The van der Waals surface area contributed by atoms with Crippen molar-refractivity contribution >= 4 is 52.2 Å². The molecule has 0 aliphatic heterocycles. The van der Waals surface area contributed by atoms with Crippen molar-refractivity contribution in [3.8, 4) is 0 Å². The van der Waals surface area contributed by atoms with E-state index in [-0.39, 0.29) is 5.97 Å². The Bertz CT molecular complexity index is 933. The van der Waals surface area contributed by atoms with Gasteiger partial charge in [0.15, 0.2) is 0 Å². The van der Waals surface area contributed by atoms with E-state index in [1.54, 1.807) is 48.5 Å². The van der Waals surface area contributed by atoms with Crippen LogP contribution in [0.2, 0.25) is 10.0 Å². The highest BCUT2D eigenvalue weighted by atomic mass is 35.5. The fourth-order valence-electron chi connectivity index (χ4n) is 2.18. The first-order valence-electron chi connectivity index (χ1n) is 7.54. The normalized spacial score (nSPS) is 10.3. The molecule has 26 heavy (non-hydrogen) atoms. The number of halogens is 2. The van der Waals surface area contributed by atoms with Crippen LogP contribution < -0.4 is 10.6 Å². The molecule has 0 saturated carbocycles. The lowest BCUT2D eigenvalue weighted by Gasteiger charge is -2.10. The number of esters is 1. The zero-order valence-corrected chi connectivity index (χ0v) is 15.2. The predicted octanol–water partition coefficient (Wildman–Crippen LogP) is 5.06. The second-order valence-corrected chi connectivity index (χ2v) is 6.08. The highest BCUT2D eigenvalue weighted by molar-refractivity contribution is 6.36. The van der Waals surface area contributed by atoms with E-state index in [2.05, 4.69) is 25.3 Å². The fraction of sp³-hybridized carbons (Fsp3) is 0.0556. The highest BCUT2D eigenvalue weighted by Gasteiger charge is 2.06. The van der Waals surface area contributed by atoms with Crippen molar-refractivity contribution < 1.29 is 9.53 Å². The number of hydrogen-bond donors (Lipinski definition) is 2. The third kappa shape index (κ3) is 4.41. The number of aromatic nitrogens is 2. The molecule has 0 aliphatic rings. The molecule has 0 bridgehead atoms. The molecule has 6 nitrogen and oxygen atoms in total. The van der Waals surface area contributed by atoms with Crippen molar-refractivity contribution in [3.05, 3.63) is 70.5 Å². The number of anilines is 4. The van der Waals surface area contributed by atoms with Gasteiger partial charge in [-0.1, -0.05) is 23.2 Å². The second-order valence-electron chi connectivity index (χ2n) is 5.23. The first kappa shape index (κ1) is 18.0. The summed E-state index contributed by atoms with van der Waals surface area (Å²) in [6.45, 7) is 0. The maximum Gasteiger partial charge on any atom is 0.337 e. The molecule has 8 heteroatoms. The largest absolute Gasteiger partial charge is 0.465 e. The van der Waals surface area contributed by atoms with Crippen molar-refractivity contribution in [3.63, 3.8) is 0 Å². The van der Waals surface area contributed by atoms with Gasteiger partial charge in [0.05, 0.1) is 23.4 Å². The van der Waals surface area contributed by atoms with Crippen LogP contribution >= 0.6 is 23.2 Å². The number of carbonyl (C=O) groups is 1.